The van der Waals surface area contributed by atoms with Crippen LogP contribution >= 0.6 is 23.3 Å². The maximum atomic E-state index is 4.17. The molecule has 5 heteroatoms. The standard InChI is InChI=1S/C10H17N3S2/c1-11-9-4-2-3-8(9)5-6-14-10-12-7-13-15-10/h7-9,11H,2-6H2,1H3. The lowest BCUT2D eigenvalue weighted by Gasteiger charge is -2.17. The third kappa shape index (κ3) is 3.16. The van der Waals surface area contributed by atoms with Crippen LogP contribution in [0, 0.1) is 5.92 Å². The van der Waals surface area contributed by atoms with Crippen LogP contribution in [0.5, 0.6) is 0 Å². The molecular formula is C10H17N3S2. The Morgan fingerprint density at radius 3 is 3.27 bits per heavy atom. The van der Waals surface area contributed by atoms with Gasteiger partial charge in [0.25, 0.3) is 0 Å². The van der Waals surface area contributed by atoms with Crippen molar-refractivity contribution in [2.45, 2.75) is 36.1 Å². The quantitative estimate of drug-likeness (QED) is 0.806. The Morgan fingerprint density at radius 2 is 2.53 bits per heavy atom. The lowest BCUT2D eigenvalue weighted by Crippen LogP contribution is -2.29. The molecule has 2 atom stereocenters. The highest BCUT2D eigenvalue weighted by Crippen LogP contribution is 2.30. The second-order valence-corrected chi connectivity index (χ2v) is 6.05. The van der Waals surface area contributed by atoms with E-state index in [1.165, 1.54) is 43.0 Å². The molecule has 0 bridgehead atoms. The average Bonchev–Trinajstić information content (AvgIpc) is 2.88. The highest BCUT2D eigenvalue weighted by molar-refractivity contribution is 8.00. The van der Waals surface area contributed by atoms with E-state index < -0.39 is 0 Å². The van der Waals surface area contributed by atoms with E-state index >= 15 is 0 Å². The summed E-state index contributed by atoms with van der Waals surface area (Å²) >= 11 is 3.34. The van der Waals surface area contributed by atoms with Crippen LogP contribution in [0.3, 0.4) is 0 Å². The Bertz CT molecular complexity index is 276. The van der Waals surface area contributed by atoms with Crippen LogP contribution < -0.4 is 5.32 Å². The van der Waals surface area contributed by atoms with E-state index in [-0.39, 0.29) is 0 Å². The minimum atomic E-state index is 0.750. The van der Waals surface area contributed by atoms with Gasteiger partial charge in [0.2, 0.25) is 0 Å². The van der Waals surface area contributed by atoms with Crippen LogP contribution in [0.15, 0.2) is 10.7 Å². The predicted octanol–water partition coefficient (Wildman–Crippen LogP) is 2.41. The third-order valence-corrected chi connectivity index (χ3v) is 4.92. The van der Waals surface area contributed by atoms with E-state index in [9.17, 15) is 0 Å². The van der Waals surface area contributed by atoms with Crippen molar-refractivity contribution in [3.05, 3.63) is 6.33 Å². The molecule has 0 aliphatic heterocycles. The summed E-state index contributed by atoms with van der Waals surface area (Å²) in [7, 11) is 2.08. The van der Waals surface area contributed by atoms with E-state index in [0.717, 1.165) is 16.3 Å². The zero-order valence-electron chi connectivity index (χ0n) is 8.98. The van der Waals surface area contributed by atoms with Gasteiger partial charge in [0.15, 0.2) is 4.34 Å². The second-order valence-electron chi connectivity index (χ2n) is 3.93. The summed E-state index contributed by atoms with van der Waals surface area (Å²) in [5.41, 5.74) is 0. The number of rotatable bonds is 5. The van der Waals surface area contributed by atoms with Gasteiger partial charge in [0.05, 0.1) is 0 Å². The van der Waals surface area contributed by atoms with Crippen LogP contribution in [0.4, 0.5) is 0 Å². The molecule has 1 N–H and O–H groups in total. The number of aromatic nitrogens is 2. The molecule has 1 aromatic rings. The number of nitrogens with one attached hydrogen (secondary N) is 1. The van der Waals surface area contributed by atoms with Crippen molar-refractivity contribution < 1.29 is 0 Å². The minimum absolute atomic E-state index is 0.750. The fraction of sp³-hybridized carbons (Fsp3) is 0.800. The van der Waals surface area contributed by atoms with Crippen molar-refractivity contribution in [2.75, 3.05) is 12.8 Å². The first-order valence-corrected chi connectivity index (χ1v) is 7.23. The number of nitrogens with zero attached hydrogens (tertiary/aromatic N) is 2. The molecule has 3 nitrogen and oxygen atoms in total. The Morgan fingerprint density at radius 1 is 1.60 bits per heavy atom. The van der Waals surface area contributed by atoms with E-state index in [2.05, 4.69) is 21.7 Å². The largest absolute Gasteiger partial charge is 0.317 e. The molecule has 1 aliphatic carbocycles. The molecule has 1 aliphatic rings. The summed E-state index contributed by atoms with van der Waals surface area (Å²) in [6.45, 7) is 0. The van der Waals surface area contributed by atoms with Crippen LogP contribution in [-0.4, -0.2) is 28.2 Å². The van der Waals surface area contributed by atoms with Crippen LogP contribution in [0.1, 0.15) is 25.7 Å². The predicted molar refractivity (Wildman–Crippen MR) is 65.4 cm³/mol. The van der Waals surface area contributed by atoms with Gasteiger partial charge in [-0.05, 0) is 43.8 Å². The fourth-order valence-corrected chi connectivity index (χ4v) is 3.87. The molecule has 15 heavy (non-hydrogen) atoms. The smallest absolute Gasteiger partial charge is 0.169 e. The molecule has 1 heterocycles. The Kier molecular flexibility index (Phi) is 4.41. The van der Waals surface area contributed by atoms with Gasteiger partial charge in [-0.15, -0.1) is 0 Å². The van der Waals surface area contributed by atoms with E-state index in [4.69, 9.17) is 0 Å². The van der Waals surface area contributed by atoms with Crippen molar-refractivity contribution in [1.29, 1.82) is 0 Å². The molecular weight excluding hydrogens is 226 g/mol. The van der Waals surface area contributed by atoms with Crippen LogP contribution in [-0.2, 0) is 0 Å². The van der Waals surface area contributed by atoms with Crippen LogP contribution in [0.25, 0.3) is 0 Å². The fourth-order valence-electron chi connectivity index (χ4n) is 2.29. The average molecular weight is 243 g/mol. The molecule has 0 amide bonds. The number of thioether (sulfide) groups is 1. The first-order valence-electron chi connectivity index (χ1n) is 5.47. The molecule has 2 rings (SSSR count). The molecule has 1 aromatic heterocycles. The molecule has 1 fully saturated rings. The van der Waals surface area contributed by atoms with Gasteiger partial charge in [-0.2, -0.15) is 4.37 Å². The van der Waals surface area contributed by atoms with Crippen molar-refractivity contribution in [1.82, 2.24) is 14.7 Å². The van der Waals surface area contributed by atoms with Gasteiger partial charge in [-0.3, -0.25) is 0 Å². The summed E-state index contributed by atoms with van der Waals surface area (Å²) < 4.78 is 5.11. The van der Waals surface area contributed by atoms with Gasteiger partial charge in [0, 0.05) is 11.8 Å². The monoisotopic (exact) mass is 243 g/mol. The molecule has 84 valence electrons. The second kappa shape index (κ2) is 5.82. The molecule has 0 spiro atoms. The SMILES string of the molecule is CNC1CCCC1CCSc1ncns1. The highest BCUT2D eigenvalue weighted by atomic mass is 32.2. The van der Waals surface area contributed by atoms with Gasteiger partial charge in [0.1, 0.15) is 6.33 Å². The van der Waals surface area contributed by atoms with E-state index in [1.54, 1.807) is 6.33 Å². The zero-order chi connectivity index (χ0) is 10.5. The van der Waals surface area contributed by atoms with Gasteiger partial charge in [-0.1, -0.05) is 18.2 Å². The highest BCUT2D eigenvalue weighted by Gasteiger charge is 2.25. The topological polar surface area (TPSA) is 37.8 Å². The summed E-state index contributed by atoms with van der Waals surface area (Å²) in [5, 5.41) is 3.42. The van der Waals surface area contributed by atoms with Crippen molar-refractivity contribution in [3.8, 4) is 0 Å². The van der Waals surface area contributed by atoms with Crippen LogP contribution in [0.2, 0.25) is 0 Å². The number of hydrogen-bond acceptors (Lipinski definition) is 5. The summed E-state index contributed by atoms with van der Waals surface area (Å²) in [4.78, 5) is 4.17. The van der Waals surface area contributed by atoms with Gasteiger partial charge < -0.3 is 5.32 Å². The van der Waals surface area contributed by atoms with Crippen molar-refractivity contribution >= 4 is 23.3 Å². The molecule has 1 saturated carbocycles. The zero-order valence-corrected chi connectivity index (χ0v) is 10.6. The Balaban J connectivity index is 1.69. The normalized spacial score (nSPS) is 25.9. The summed E-state index contributed by atoms with van der Waals surface area (Å²) in [6, 6.07) is 0.750. The first-order chi connectivity index (χ1) is 7.40. The van der Waals surface area contributed by atoms with Crippen molar-refractivity contribution in [3.63, 3.8) is 0 Å². The summed E-state index contributed by atoms with van der Waals surface area (Å²) in [5.74, 6) is 2.05. The van der Waals surface area contributed by atoms with Gasteiger partial charge in [-0.25, -0.2) is 4.98 Å². The number of hydrogen-bond donors (Lipinski definition) is 1. The van der Waals surface area contributed by atoms with E-state index in [0.29, 0.717) is 0 Å². The lowest BCUT2D eigenvalue weighted by atomic mass is 10.0. The van der Waals surface area contributed by atoms with Gasteiger partial charge >= 0.3 is 0 Å². The molecule has 0 aromatic carbocycles. The molecule has 0 radical (unpaired) electrons. The maximum Gasteiger partial charge on any atom is 0.169 e. The minimum Gasteiger partial charge on any atom is -0.317 e. The molecule has 2 unspecified atom stereocenters. The molecule has 0 saturated heterocycles. The Hall–Kier alpha value is -0.130. The van der Waals surface area contributed by atoms with E-state index in [1.807, 2.05) is 11.8 Å². The maximum absolute atomic E-state index is 4.17. The first kappa shape index (κ1) is 11.4. The van der Waals surface area contributed by atoms with Crippen molar-refractivity contribution in [2.24, 2.45) is 5.92 Å². The summed E-state index contributed by atoms with van der Waals surface area (Å²) in [6.07, 6.45) is 7.07. The lowest BCUT2D eigenvalue weighted by molar-refractivity contribution is 0.417. The Labute approximate surface area is 99.2 Å². The third-order valence-electron chi connectivity index (χ3n) is 3.09.